The highest BCUT2D eigenvalue weighted by molar-refractivity contribution is 5.83. The van der Waals surface area contributed by atoms with Gasteiger partial charge in [0.1, 0.15) is 6.54 Å². The fraction of sp³-hybridized carbons (Fsp3) is 0.462. The number of carbonyl (C=O) groups is 1. The number of fused-ring (bicyclic) bond motifs is 1. The van der Waals surface area contributed by atoms with E-state index in [1.54, 1.807) is 11.0 Å². The molecule has 110 valence electrons. The molecule has 4 nitrogen and oxygen atoms in total. The zero-order valence-corrected chi connectivity index (χ0v) is 11.0. The highest BCUT2D eigenvalue weighted by Crippen LogP contribution is 2.31. The summed E-state index contributed by atoms with van der Waals surface area (Å²) in [5.74, 6) is -0.644. The number of nitrogens with zero attached hydrogens (tertiary/aromatic N) is 1. The van der Waals surface area contributed by atoms with Gasteiger partial charge in [-0.15, -0.1) is 0 Å². The lowest BCUT2D eigenvalue weighted by atomic mass is 10.1. The van der Waals surface area contributed by atoms with E-state index in [1.165, 1.54) is 0 Å². The van der Waals surface area contributed by atoms with Gasteiger partial charge >= 0.3 is 6.18 Å². The number of benzene rings is 1. The number of nitrogens with two attached hydrogens (primary N) is 1. The molecule has 20 heavy (non-hydrogen) atoms. The van der Waals surface area contributed by atoms with Crippen molar-refractivity contribution in [2.45, 2.75) is 19.5 Å². The van der Waals surface area contributed by atoms with Gasteiger partial charge in [-0.1, -0.05) is 6.07 Å². The largest absolute Gasteiger partial charge is 0.405 e. The Morgan fingerprint density at radius 1 is 1.45 bits per heavy atom. The third kappa shape index (κ3) is 3.34. The maximum Gasteiger partial charge on any atom is 0.405 e. The van der Waals surface area contributed by atoms with Crippen LogP contribution in [-0.4, -0.2) is 31.7 Å². The van der Waals surface area contributed by atoms with Crippen LogP contribution in [0.3, 0.4) is 0 Å². The summed E-state index contributed by atoms with van der Waals surface area (Å²) in [6.07, 6.45) is -3.62. The zero-order valence-electron chi connectivity index (χ0n) is 11.0. The van der Waals surface area contributed by atoms with Crippen LogP contribution in [0.2, 0.25) is 0 Å². The van der Waals surface area contributed by atoms with Crippen molar-refractivity contribution in [3.63, 3.8) is 0 Å². The molecule has 0 atom stereocenters. The van der Waals surface area contributed by atoms with Gasteiger partial charge in [-0.25, -0.2) is 0 Å². The van der Waals surface area contributed by atoms with Gasteiger partial charge in [-0.3, -0.25) is 4.79 Å². The first-order valence-electron chi connectivity index (χ1n) is 6.23. The lowest BCUT2D eigenvalue weighted by Gasteiger charge is -2.20. The Bertz CT molecular complexity index is 528. The SMILES string of the molecule is Cc1cc2c(cc1N)N(CC(=O)NCC(F)(F)F)CC2. The van der Waals surface area contributed by atoms with E-state index < -0.39 is 18.6 Å². The first-order chi connectivity index (χ1) is 9.26. The predicted molar refractivity (Wildman–Crippen MR) is 70.6 cm³/mol. The van der Waals surface area contributed by atoms with Gasteiger partial charge in [0.2, 0.25) is 5.91 Å². The number of alkyl halides is 3. The normalized spacial score (nSPS) is 14.3. The number of anilines is 2. The van der Waals surface area contributed by atoms with Crippen LogP contribution in [0.1, 0.15) is 11.1 Å². The number of aryl methyl sites for hydroxylation is 1. The molecule has 0 saturated carbocycles. The van der Waals surface area contributed by atoms with Gasteiger partial charge in [0, 0.05) is 17.9 Å². The number of halogens is 3. The molecular weight excluding hydrogens is 271 g/mol. The highest BCUT2D eigenvalue weighted by atomic mass is 19.4. The second-order valence-corrected chi connectivity index (χ2v) is 4.90. The molecule has 0 fully saturated rings. The van der Waals surface area contributed by atoms with Crippen molar-refractivity contribution in [1.82, 2.24) is 5.32 Å². The van der Waals surface area contributed by atoms with Gasteiger partial charge in [0.05, 0.1) is 6.54 Å². The molecule has 1 aliphatic rings. The van der Waals surface area contributed by atoms with Crippen molar-refractivity contribution in [3.05, 3.63) is 23.3 Å². The van der Waals surface area contributed by atoms with E-state index in [4.69, 9.17) is 5.73 Å². The number of nitrogen functional groups attached to an aromatic ring is 1. The van der Waals surface area contributed by atoms with Crippen molar-refractivity contribution in [1.29, 1.82) is 0 Å². The fourth-order valence-corrected chi connectivity index (χ4v) is 2.24. The highest BCUT2D eigenvalue weighted by Gasteiger charge is 2.28. The van der Waals surface area contributed by atoms with Crippen LogP contribution in [0.15, 0.2) is 12.1 Å². The van der Waals surface area contributed by atoms with Crippen LogP contribution in [0.25, 0.3) is 0 Å². The first kappa shape index (κ1) is 14.5. The third-order valence-electron chi connectivity index (χ3n) is 3.28. The number of hydrogen-bond acceptors (Lipinski definition) is 3. The molecule has 1 aromatic carbocycles. The molecule has 2 rings (SSSR count). The minimum absolute atomic E-state index is 0.0917. The van der Waals surface area contributed by atoms with Crippen LogP contribution in [0.4, 0.5) is 24.5 Å². The quantitative estimate of drug-likeness (QED) is 0.831. The molecule has 0 spiro atoms. The lowest BCUT2D eigenvalue weighted by Crippen LogP contribution is -2.40. The smallest absolute Gasteiger partial charge is 0.398 e. The number of hydrogen-bond donors (Lipinski definition) is 2. The summed E-state index contributed by atoms with van der Waals surface area (Å²) in [6.45, 7) is 1.11. The summed E-state index contributed by atoms with van der Waals surface area (Å²) in [5.41, 5.74) is 9.31. The van der Waals surface area contributed by atoms with Crippen LogP contribution in [-0.2, 0) is 11.2 Å². The van der Waals surface area contributed by atoms with Crippen LogP contribution in [0, 0.1) is 6.92 Å². The van der Waals surface area contributed by atoms with E-state index in [0.29, 0.717) is 12.2 Å². The molecule has 1 aliphatic heterocycles. The summed E-state index contributed by atoms with van der Waals surface area (Å²) < 4.78 is 36.1. The lowest BCUT2D eigenvalue weighted by molar-refractivity contribution is -0.137. The van der Waals surface area contributed by atoms with Crippen LogP contribution in [0.5, 0.6) is 0 Å². The molecule has 1 aromatic rings. The third-order valence-corrected chi connectivity index (χ3v) is 3.28. The molecule has 0 unspecified atom stereocenters. The van der Waals surface area contributed by atoms with E-state index in [1.807, 2.05) is 18.3 Å². The van der Waals surface area contributed by atoms with E-state index in [0.717, 1.165) is 23.2 Å². The average Bonchev–Trinajstić information content (AvgIpc) is 2.69. The zero-order chi connectivity index (χ0) is 14.9. The van der Waals surface area contributed by atoms with E-state index >= 15 is 0 Å². The summed E-state index contributed by atoms with van der Waals surface area (Å²) in [5, 5.41) is 1.87. The number of amides is 1. The standard InChI is InChI=1S/C13H16F3N3O/c1-8-4-9-2-3-19(11(9)5-10(8)17)6-12(20)18-7-13(14,15)16/h4-5H,2-3,6-7,17H2,1H3,(H,18,20). The number of rotatable bonds is 3. The molecule has 0 aromatic heterocycles. The Morgan fingerprint density at radius 3 is 2.80 bits per heavy atom. The molecule has 0 radical (unpaired) electrons. The van der Waals surface area contributed by atoms with Crippen molar-refractivity contribution < 1.29 is 18.0 Å². The van der Waals surface area contributed by atoms with Crippen LogP contribution < -0.4 is 16.0 Å². The van der Waals surface area contributed by atoms with Crippen molar-refractivity contribution in [2.75, 3.05) is 30.3 Å². The molecule has 1 heterocycles. The summed E-state index contributed by atoms with van der Waals surface area (Å²) in [7, 11) is 0. The van der Waals surface area contributed by atoms with Gasteiger partial charge in [-0.05, 0) is 30.5 Å². The second-order valence-electron chi connectivity index (χ2n) is 4.90. The fourth-order valence-electron chi connectivity index (χ4n) is 2.24. The van der Waals surface area contributed by atoms with Crippen molar-refractivity contribution in [3.8, 4) is 0 Å². The molecule has 0 saturated heterocycles. The Labute approximate surface area is 114 Å². The van der Waals surface area contributed by atoms with Gasteiger partial charge in [0.25, 0.3) is 0 Å². The maximum atomic E-state index is 12.0. The minimum atomic E-state index is -4.39. The number of carbonyl (C=O) groups excluding carboxylic acids is 1. The average molecular weight is 287 g/mol. The Morgan fingerprint density at radius 2 is 2.15 bits per heavy atom. The molecule has 3 N–H and O–H groups in total. The van der Waals surface area contributed by atoms with Crippen molar-refractivity contribution in [2.24, 2.45) is 0 Å². The number of nitrogens with one attached hydrogen (secondary N) is 1. The van der Waals surface area contributed by atoms with Crippen LogP contribution >= 0.6 is 0 Å². The molecule has 7 heteroatoms. The summed E-state index contributed by atoms with van der Waals surface area (Å²) in [6, 6.07) is 3.73. The molecule has 1 amide bonds. The Hall–Kier alpha value is -1.92. The molecular formula is C13H16F3N3O. The van der Waals surface area contributed by atoms with E-state index in [2.05, 4.69) is 0 Å². The minimum Gasteiger partial charge on any atom is -0.398 e. The van der Waals surface area contributed by atoms with Gasteiger partial charge < -0.3 is 16.0 Å². The predicted octanol–water partition coefficient (Wildman–Crippen LogP) is 1.62. The van der Waals surface area contributed by atoms with Gasteiger partial charge in [0.15, 0.2) is 0 Å². The summed E-state index contributed by atoms with van der Waals surface area (Å²) >= 11 is 0. The van der Waals surface area contributed by atoms with Crippen molar-refractivity contribution >= 4 is 17.3 Å². The first-order valence-corrected chi connectivity index (χ1v) is 6.23. The van der Waals surface area contributed by atoms with E-state index in [9.17, 15) is 18.0 Å². The van der Waals surface area contributed by atoms with E-state index in [-0.39, 0.29) is 6.54 Å². The summed E-state index contributed by atoms with van der Waals surface area (Å²) in [4.78, 5) is 13.3. The Kier molecular flexibility index (Phi) is 3.78. The maximum absolute atomic E-state index is 12.0. The Balaban J connectivity index is 2.00. The molecule has 0 bridgehead atoms. The van der Waals surface area contributed by atoms with Gasteiger partial charge in [-0.2, -0.15) is 13.2 Å². The molecule has 0 aliphatic carbocycles. The topological polar surface area (TPSA) is 58.4 Å². The monoisotopic (exact) mass is 287 g/mol. The second kappa shape index (κ2) is 5.22.